The molecule has 0 bridgehead atoms. The molecule has 0 atom stereocenters. The van der Waals surface area contributed by atoms with E-state index in [0.29, 0.717) is 17.9 Å². The largest absolute Gasteiger partial charge is 0.467 e. The van der Waals surface area contributed by atoms with Crippen molar-refractivity contribution in [1.29, 1.82) is 0 Å². The second kappa shape index (κ2) is 5.44. The van der Waals surface area contributed by atoms with Gasteiger partial charge in [-0.1, -0.05) is 18.2 Å². The molecular weight excluding hydrogens is 254 g/mol. The third-order valence-electron chi connectivity index (χ3n) is 2.87. The molecular formula is C15H13N3O2. The van der Waals surface area contributed by atoms with Crippen LogP contribution >= 0.6 is 0 Å². The highest BCUT2D eigenvalue weighted by atomic mass is 16.3. The lowest BCUT2D eigenvalue weighted by Gasteiger charge is -2.01. The van der Waals surface area contributed by atoms with Gasteiger partial charge in [-0.15, -0.1) is 0 Å². The van der Waals surface area contributed by atoms with Crippen LogP contribution in [-0.4, -0.2) is 15.7 Å². The van der Waals surface area contributed by atoms with Crippen molar-refractivity contribution in [3.05, 3.63) is 72.4 Å². The van der Waals surface area contributed by atoms with Crippen LogP contribution in [0.25, 0.3) is 5.69 Å². The number of furan rings is 1. The maximum absolute atomic E-state index is 12.0. The molecule has 0 aliphatic rings. The number of nitrogens with zero attached hydrogens (tertiary/aromatic N) is 2. The molecule has 0 unspecified atom stereocenters. The van der Waals surface area contributed by atoms with Crippen LogP contribution in [0.2, 0.25) is 0 Å². The Hall–Kier alpha value is -2.82. The molecule has 0 radical (unpaired) electrons. The molecule has 0 aliphatic heterocycles. The summed E-state index contributed by atoms with van der Waals surface area (Å²) < 4.78 is 6.83. The molecule has 5 nitrogen and oxygen atoms in total. The van der Waals surface area contributed by atoms with Crippen LogP contribution in [0.15, 0.2) is 65.5 Å². The average molecular weight is 267 g/mol. The van der Waals surface area contributed by atoms with E-state index in [1.54, 1.807) is 29.4 Å². The number of aromatic nitrogens is 2. The van der Waals surface area contributed by atoms with Crippen LogP contribution in [0.4, 0.5) is 0 Å². The van der Waals surface area contributed by atoms with Gasteiger partial charge in [0.15, 0.2) is 0 Å². The van der Waals surface area contributed by atoms with Crippen LogP contribution in [-0.2, 0) is 6.54 Å². The Morgan fingerprint density at radius 1 is 1.20 bits per heavy atom. The highest BCUT2D eigenvalue weighted by Gasteiger charge is 2.09. The molecule has 20 heavy (non-hydrogen) atoms. The van der Waals surface area contributed by atoms with Crippen molar-refractivity contribution < 1.29 is 9.21 Å². The maximum atomic E-state index is 12.0. The number of amides is 1. The highest BCUT2D eigenvalue weighted by Crippen LogP contribution is 2.08. The van der Waals surface area contributed by atoms with Crippen molar-refractivity contribution >= 4 is 5.91 Å². The summed E-state index contributed by atoms with van der Waals surface area (Å²) in [4.78, 5) is 12.0. The lowest BCUT2D eigenvalue weighted by atomic mass is 10.3. The lowest BCUT2D eigenvalue weighted by molar-refractivity contribution is 0.0948. The topological polar surface area (TPSA) is 60.1 Å². The molecule has 2 heterocycles. The molecule has 2 aromatic heterocycles. The van der Waals surface area contributed by atoms with Crippen LogP contribution in [0, 0.1) is 0 Å². The van der Waals surface area contributed by atoms with E-state index in [1.807, 2.05) is 36.4 Å². The zero-order valence-corrected chi connectivity index (χ0v) is 10.7. The Morgan fingerprint density at radius 3 is 2.80 bits per heavy atom. The first-order valence-electron chi connectivity index (χ1n) is 6.23. The summed E-state index contributed by atoms with van der Waals surface area (Å²) in [6.07, 6.45) is 4.83. The van der Waals surface area contributed by atoms with Crippen LogP contribution < -0.4 is 5.32 Å². The minimum absolute atomic E-state index is 0.177. The summed E-state index contributed by atoms with van der Waals surface area (Å²) in [7, 11) is 0. The first-order valence-corrected chi connectivity index (χ1v) is 6.23. The van der Waals surface area contributed by atoms with E-state index in [-0.39, 0.29) is 5.91 Å². The molecule has 0 spiro atoms. The summed E-state index contributed by atoms with van der Waals surface area (Å²) in [5.74, 6) is 0.539. The number of benzene rings is 1. The fourth-order valence-electron chi connectivity index (χ4n) is 1.84. The smallest absolute Gasteiger partial charge is 0.254 e. The molecule has 100 valence electrons. The van der Waals surface area contributed by atoms with E-state index in [2.05, 4.69) is 10.4 Å². The molecule has 3 rings (SSSR count). The van der Waals surface area contributed by atoms with Gasteiger partial charge in [-0.05, 0) is 24.3 Å². The normalized spacial score (nSPS) is 10.4. The molecule has 0 aliphatic carbocycles. The van der Waals surface area contributed by atoms with E-state index >= 15 is 0 Å². The predicted molar refractivity (Wildman–Crippen MR) is 73.4 cm³/mol. The first kappa shape index (κ1) is 12.2. The SMILES string of the molecule is O=C(NCc1ccco1)c1cnn(-c2ccccc2)c1. The van der Waals surface area contributed by atoms with Crippen LogP contribution in [0.5, 0.6) is 0 Å². The number of para-hydroxylation sites is 1. The van der Waals surface area contributed by atoms with Gasteiger partial charge >= 0.3 is 0 Å². The Labute approximate surface area is 115 Å². The Bertz CT molecular complexity index is 687. The van der Waals surface area contributed by atoms with Crippen LogP contribution in [0.1, 0.15) is 16.1 Å². The van der Waals surface area contributed by atoms with E-state index in [0.717, 1.165) is 5.69 Å². The molecule has 0 fully saturated rings. The number of carbonyl (C=O) groups is 1. The highest BCUT2D eigenvalue weighted by molar-refractivity contribution is 5.93. The van der Waals surface area contributed by atoms with Gasteiger partial charge in [0, 0.05) is 6.20 Å². The Morgan fingerprint density at radius 2 is 2.05 bits per heavy atom. The zero-order chi connectivity index (χ0) is 13.8. The quantitative estimate of drug-likeness (QED) is 0.789. The monoisotopic (exact) mass is 267 g/mol. The third kappa shape index (κ3) is 2.61. The van der Waals surface area contributed by atoms with E-state index in [9.17, 15) is 4.79 Å². The molecule has 1 amide bonds. The summed E-state index contributed by atoms with van der Waals surface area (Å²) in [6, 6.07) is 13.2. The molecule has 3 aromatic rings. The fourth-order valence-corrected chi connectivity index (χ4v) is 1.84. The standard InChI is InChI=1S/C15H13N3O2/c19-15(16-10-14-7-4-8-20-14)12-9-17-18(11-12)13-5-2-1-3-6-13/h1-9,11H,10H2,(H,16,19). The number of carbonyl (C=O) groups excluding carboxylic acids is 1. The molecule has 0 saturated heterocycles. The van der Waals surface area contributed by atoms with Crippen LogP contribution in [0.3, 0.4) is 0 Å². The number of nitrogens with one attached hydrogen (secondary N) is 1. The summed E-state index contributed by atoms with van der Waals surface area (Å²) >= 11 is 0. The van der Waals surface area contributed by atoms with Gasteiger partial charge in [-0.2, -0.15) is 5.10 Å². The van der Waals surface area contributed by atoms with Gasteiger partial charge in [0.2, 0.25) is 0 Å². The minimum atomic E-state index is -0.177. The third-order valence-corrected chi connectivity index (χ3v) is 2.87. The molecule has 1 N–H and O–H groups in total. The van der Waals surface area contributed by atoms with E-state index < -0.39 is 0 Å². The van der Waals surface area contributed by atoms with Gasteiger partial charge in [0.1, 0.15) is 5.76 Å². The lowest BCUT2D eigenvalue weighted by Crippen LogP contribution is -2.22. The maximum Gasteiger partial charge on any atom is 0.254 e. The van der Waals surface area contributed by atoms with Gasteiger partial charge in [0.25, 0.3) is 5.91 Å². The van der Waals surface area contributed by atoms with Crippen molar-refractivity contribution in [2.24, 2.45) is 0 Å². The van der Waals surface area contributed by atoms with Crippen molar-refractivity contribution in [2.45, 2.75) is 6.54 Å². The van der Waals surface area contributed by atoms with E-state index in [1.165, 1.54) is 0 Å². The van der Waals surface area contributed by atoms with E-state index in [4.69, 9.17) is 4.42 Å². The zero-order valence-electron chi connectivity index (χ0n) is 10.7. The van der Waals surface area contributed by atoms with Gasteiger partial charge in [-0.3, -0.25) is 4.79 Å². The fraction of sp³-hybridized carbons (Fsp3) is 0.0667. The summed E-state index contributed by atoms with van der Waals surface area (Å²) in [5, 5.41) is 6.97. The number of hydrogen-bond acceptors (Lipinski definition) is 3. The number of rotatable bonds is 4. The van der Waals surface area contributed by atoms with Crippen molar-refractivity contribution in [3.63, 3.8) is 0 Å². The van der Waals surface area contributed by atoms with Crippen molar-refractivity contribution in [2.75, 3.05) is 0 Å². The molecule has 0 saturated carbocycles. The molecule has 5 heteroatoms. The van der Waals surface area contributed by atoms with Crippen molar-refractivity contribution in [1.82, 2.24) is 15.1 Å². The second-order valence-corrected chi connectivity index (χ2v) is 4.27. The van der Waals surface area contributed by atoms with Gasteiger partial charge < -0.3 is 9.73 Å². The van der Waals surface area contributed by atoms with Gasteiger partial charge in [-0.25, -0.2) is 4.68 Å². The predicted octanol–water partition coefficient (Wildman–Crippen LogP) is 2.40. The minimum Gasteiger partial charge on any atom is -0.467 e. The molecule has 1 aromatic carbocycles. The number of hydrogen-bond donors (Lipinski definition) is 1. The van der Waals surface area contributed by atoms with Crippen molar-refractivity contribution in [3.8, 4) is 5.69 Å². The second-order valence-electron chi connectivity index (χ2n) is 4.27. The summed E-state index contributed by atoms with van der Waals surface area (Å²) in [6.45, 7) is 0.363. The Kier molecular flexibility index (Phi) is 3.33. The summed E-state index contributed by atoms with van der Waals surface area (Å²) in [5.41, 5.74) is 1.43. The Balaban J connectivity index is 1.69. The van der Waals surface area contributed by atoms with Gasteiger partial charge in [0.05, 0.1) is 30.3 Å². The average Bonchev–Trinajstić information content (AvgIpc) is 3.17. The first-order chi connectivity index (χ1) is 9.83.